The number of rotatable bonds is 6. The van der Waals surface area contributed by atoms with Crippen molar-refractivity contribution < 1.29 is 9.59 Å². The van der Waals surface area contributed by atoms with Crippen LogP contribution >= 0.6 is 0 Å². The Labute approximate surface area is 197 Å². The fraction of sp³-hybridized carbons (Fsp3) is 0.231. The lowest BCUT2D eigenvalue weighted by molar-refractivity contribution is -0.126. The molecule has 0 bridgehead atoms. The molecule has 5 rings (SSSR count). The number of hydrogen-bond donors (Lipinski definition) is 1. The number of piperidine rings is 1. The van der Waals surface area contributed by atoms with Crippen LogP contribution in [-0.4, -0.2) is 49.1 Å². The fourth-order valence-corrected chi connectivity index (χ4v) is 4.35. The second-order valence-electron chi connectivity index (χ2n) is 8.35. The summed E-state index contributed by atoms with van der Waals surface area (Å²) in [5, 5.41) is 7.50. The maximum atomic E-state index is 13.6. The van der Waals surface area contributed by atoms with Crippen molar-refractivity contribution in [3.8, 4) is 11.5 Å². The summed E-state index contributed by atoms with van der Waals surface area (Å²) in [6, 6.07) is 19.2. The summed E-state index contributed by atoms with van der Waals surface area (Å²) in [4.78, 5) is 32.5. The minimum absolute atomic E-state index is 0.0474. The number of nitrogens with zero attached hydrogens (tertiary/aromatic N) is 5. The molecule has 4 aromatic rings. The van der Waals surface area contributed by atoms with Gasteiger partial charge in [0.15, 0.2) is 5.82 Å². The van der Waals surface area contributed by atoms with E-state index in [1.807, 2.05) is 77.6 Å². The number of nitrogens with one attached hydrogen (secondary N) is 1. The minimum atomic E-state index is -0.249. The van der Waals surface area contributed by atoms with Gasteiger partial charge in [0.2, 0.25) is 5.91 Å². The SMILES string of the molecule is O=C(NCc1ccccn1)C1CCCN(C(=O)c2cnn(-c3ccccc3)c2-n2cccc2)C1. The molecule has 2 amide bonds. The van der Waals surface area contributed by atoms with Crippen molar-refractivity contribution >= 4 is 11.8 Å². The molecule has 3 aromatic heterocycles. The number of carbonyl (C=O) groups is 2. The first kappa shape index (κ1) is 21.6. The number of para-hydroxylation sites is 1. The maximum absolute atomic E-state index is 13.6. The Balaban J connectivity index is 1.35. The van der Waals surface area contributed by atoms with Gasteiger partial charge in [-0.25, -0.2) is 4.68 Å². The first-order valence-corrected chi connectivity index (χ1v) is 11.4. The zero-order valence-electron chi connectivity index (χ0n) is 18.7. The lowest BCUT2D eigenvalue weighted by Gasteiger charge is -2.32. The molecule has 1 N–H and O–H groups in total. The van der Waals surface area contributed by atoms with E-state index in [1.165, 1.54) is 0 Å². The van der Waals surface area contributed by atoms with Gasteiger partial charge in [-0.3, -0.25) is 14.6 Å². The highest BCUT2D eigenvalue weighted by Crippen LogP contribution is 2.24. The third kappa shape index (κ3) is 4.47. The molecule has 4 heterocycles. The number of benzene rings is 1. The van der Waals surface area contributed by atoms with E-state index in [-0.39, 0.29) is 17.7 Å². The van der Waals surface area contributed by atoms with Gasteiger partial charge in [-0.15, -0.1) is 0 Å². The molecule has 0 saturated carbocycles. The van der Waals surface area contributed by atoms with Crippen LogP contribution in [0.15, 0.2) is 85.5 Å². The van der Waals surface area contributed by atoms with Crippen LogP contribution in [-0.2, 0) is 11.3 Å². The number of aromatic nitrogens is 4. The molecule has 1 fully saturated rings. The Bertz CT molecular complexity index is 1250. The zero-order valence-corrected chi connectivity index (χ0v) is 18.7. The Morgan fingerprint density at radius 3 is 2.56 bits per heavy atom. The fourth-order valence-electron chi connectivity index (χ4n) is 4.35. The van der Waals surface area contributed by atoms with Crippen molar-refractivity contribution in [1.29, 1.82) is 0 Å². The molecular formula is C26H26N6O2. The summed E-state index contributed by atoms with van der Waals surface area (Å²) in [6.45, 7) is 1.38. The summed E-state index contributed by atoms with van der Waals surface area (Å²) in [6.07, 6.45) is 8.66. The number of likely N-dealkylation sites (tertiary alicyclic amines) is 1. The molecular weight excluding hydrogens is 428 g/mol. The van der Waals surface area contributed by atoms with Crippen LogP contribution in [0.3, 0.4) is 0 Å². The number of amides is 2. The quantitative estimate of drug-likeness (QED) is 0.485. The molecule has 1 aliphatic rings. The van der Waals surface area contributed by atoms with E-state index in [0.29, 0.717) is 31.0 Å². The van der Waals surface area contributed by atoms with Crippen LogP contribution in [0.4, 0.5) is 0 Å². The number of carbonyl (C=O) groups excluding carboxylic acids is 2. The Morgan fingerprint density at radius 1 is 1.00 bits per heavy atom. The highest BCUT2D eigenvalue weighted by Gasteiger charge is 2.31. The second kappa shape index (κ2) is 9.74. The Kier molecular flexibility index (Phi) is 6.20. The van der Waals surface area contributed by atoms with Gasteiger partial charge >= 0.3 is 0 Å². The molecule has 1 aliphatic heterocycles. The van der Waals surface area contributed by atoms with Crippen molar-refractivity contribution in [2.24, 2.45) is 5.92 Å². The third-order valence-electron chi connectivity index (χ3n) is 6.07. The molecule has 8 nitrogen and oxygen atoms in total. The van der Waals surface area contributed by atoms with Crippen LogP contribution < -0.4 is 5.32 Å². The monoisotopic (exact) mass is 454 g/mol. The molecule has 1 aromatic carbocycles. The van der Waals surface area contributed by atoms with Crippen molar-refractivity contribution in [2.75, 3.05) is 13.1 Å². The van der Waals surface area contributed by atoms with Crippen LogP contribution in [0, 0.1) is 5.92 Å². The molecule has 172 valence electrons. The summed E-state index contributed by atoms with van der Waals surface area (Å²) < 4.78 is 3.67. The maximum Gasteiger partial charge on any atom is 0.259 e. The van der Waals surface area contributed by atoms with Gasteiger partial charge in [-0.1, -0.05) is 24.3 Å². The zero-order chi connectivity index (χ0) is 23.3. The molecule has 1 unspecified atom stereocenters. The van der Waals surface area contributed by atoms with Gasteiger partial charge in [0.25, 0.3) is 5.91 Å². The number of hydrogen-bond acceptors (Lipinski definition) is 4. The van der Waals surface area contributed by atoms with Gasteiger partial charge in [0.05, 0.1) is 30.0 Å². The summed E-state index contributed by atoms with van der Waals surface area (Å²) in [7, 11) is 0. The van der Waals surface area contributed by atoms with E-state index >= 15 is 0 Å². The predicted molar refractivity (Wildman–Crippen MR) is 128 cm³/mol. The molecule has 1 saturated heterocycles. The molecule has 34 heavy (non-hydrogen) atoms. The normalized spacial score (nSPS) is 15.8. The average molecular weight is 455 g/mol. The van der Waals surface area contributed by atoms with Crippen molar-refractivity contribution in [2.45, 2.75) is 19.4 Å². The minimum Gasteiger partial charge on any atom is -0.350 e. The summed E-state index contributed by atoms with van der Waals surface area (Å²) in [5.41, 5.74) is 2.19. The summed E-state index contributed by atoms with van der Waals surface area (Å²) in [5.74, 6) is 0.269. The standard InChI is InChI=1S/C26H26N6O2/c33-24(28-17-21-10-4-5-13-27-21)20-9-8-16-31(19-20)26(34)23-18-29-32(22-11-2-1-3-12-22)25(23)30-14-6-7-15-30/h1-7,10-15,18,20H,8-9,16-17,19H2,(H,28,33). The van der Waals surface area contributed by atoms with Gasteiger partial charge in [-0.05, 0) is 49.2 Å². The second-order valence-corrected chi connectivity index (χ2v) is 8.35. The Morgan fingerprint density at radius 2 is 1.79 bits per heavy atom. The van der Waals surface area contributed by atoms with Crippen LogP contribution in [0.1, 0.15) is 28.9 Å². The molecule has 0 radical (unpaired) electrons. The van der Waals surface area contributed by atoms with E-state index in [1.54, 1.807) is 22.0 Å². The third-order valence-corrected chi connectivity index (χ3v) is 6.07. The van der Waals surface area contributed by atoms with Gasteiger partial charge in [-0.2, -0.15) is 5.10 Å². The lowest BCUT2D eigenvalue weighted by atomic mass is 9.96. The van der Waals surface area contributed by atoms with Crippen molar-refractivity contribution in [3.63, 3.8) is 0 Å². The van der Waals surface area contributed by atoms with Crippen LogP contribution in [0.25, 0.3) is 11.5 Å². The molecule has 8 heteroatoms. The van der Waals surface area contributed by atoms with E-state index in [9.17, 15) is 9.59 Å². The molecule has 0 spiro atoms. The highest BCUT2D eigenvalue weighted by atomic mass is 16.2. The Hall–Kier alpha value is -4.20. The van der Waals surface area contributed by atoms with Gasteiger partial charge < -0.3 is 14.8 Å². The topological polar surface area (TPSA) is 85.1 Å². The molecule has 1 atom stereocenters. The van der Waals surface area contributed by atoms with Gasteiger partial charge in [0.1, 0.15) is 5.56 Å². The van der Waals surface area contributed by atoms with E-state index < -0.39 is 0 Å². The van der Waals surface area contributed by atoms with Crippen LogP contribution in [0.5, 0.6) is 0 Å². The highest BCUT2D eigenvalue weighted by molar-refractivity contribution is 5.97. The smallest absolute Gasteiger partial charge is 0.259 e. The summed E-state index contributed by atoms with van der Waals surface area (Å²) >= 11 is 0. The molecule has 0 aliphatic carbocycles. The number of pyridine rings is 1. The van der Waals surface area contributed by atoms with E-state index in [4.69, 9.17) is 0 Å². The average Bonchev–Trinajstić information content (AvgIpc) is 3.58. The largest absolute Gasteiger partial charge is 0.350 e. The van der Waals surface area contributed by atoms with Crippen molar-refractivity contribution in [1.82, 2.24) is 29.5 Å². The first-order chi connectivity index (χ1) is 16.7. The van der Waals surface area contributed by atoms with E-state index in [0.717, 1.165) is 24.2 Å². The van der Waals surface area contributed by atoms with Crippen LogP contribution in [0.2, 0.25) is 0 Å². The first-order valence-electron chi connectivity index (χ1n) is 11.4. The lowest BCUT2D eigenvalue weighted by Crippen LogP contribution is -2.45. The van der Waals surface area contributed by atoms with E-state index in [2.05, 4.69) is 15.4 Å². The van der Waals surface area contributed by atoms with Gasteiger partial charge in [0, 0.05) is 31.7 Å². The van der Waals surface area contributed by atoms with Crippen molar-refractivity contribution in [3.05, 3.63) is 96.7 Å². The predicted octanol–water partition coefficient (Wildman–Crippen LogP) is 3.23.